The predicted octanol–water partition coefficient (Wildman–Crippen LogP) is 3.39. The summed E-state index contributed by atoms with van der Waals surface area (Å²) in [5.41, 5.74) is 14.4. The van der Waals surface area contributed by atoms with E-state index in [0.717, 1.165) is 17.5 Å². The quantitative estimate of drug-likeness (QED) is 0.750. The number of carbonyl (C=O) groups excluding carboxylic acids is 2. The standard InChI is InChI=1S/C23H30N2O2/c1-22(2,20(24)26)14-18-9-5-16(6-10-18)13-17-7-11-19(12-8-17)15-23(3,4)21(25)27/h5-12H,13-15H2,1-4H3,(H2,24,26)(H2,25,27). The molecule has 144 valence electrons. The summed E-state index contributed by atoms with van der Waals surface area (Å²) in [7, 11) is 0. The lowest BCUT2D eigenvalue weighted by Crippen LogP contribution is -2.33. The van der Waals surface area contributed by atoms with E-state index >= 15 is 0 Å². The smallest absolute Gasteiger partial charge is 0.223 e. The molecule has 2 aromatic rings. The van der Waals surface area contributed by atoms with Crippen LogP contribution in [-0.4, -0.2) is 11.8 Å². The Morgan fingerprint density at radius 1 is 0.630 bits per heavy atom. The maximum atomic E-state index is 11.5. The van der Waals surface area contributed by atoms with Crippen LogP contribution < -0.4 is 11.5 Å². The number of rotatable bonds is 8. The average Bonchev–Trinajstić information content (AvgIpc) is 2.57. The van der Waals surface area contributed by atoms with Gasteiger partial charge in [0.25, 0.3) is 0 Å². The van der Waals surface area contributed by atoms with Crippen molar-refractivity contribution in [2.45, 2.75) is 47.0 Å². The molecule has 0 spiro atoms. The highest BCUT2D eigenvalue weighted by molar-refractivity contribution is 5.80. The van der Waals surface area contributed by atoms with Crippen molar-refractivity contribution in [2.75, 3.05) is 0 Å². The molecule has 0 bridgehead atoms. The second kappa shape index (κ2) is 7.95. The molecular formula is C23H30N2O2. The first-order valence-electron chi connectivity index (χ1n) is 9.25. The number of hydrogen-bond acceptors (Lipinski definition) is 2. The lowest BCUT2D eigenvalue weighted by Gasteiger charge is -2.20. The first-order valence-corrected chi connectivity index (χ1v) is 9.25. The van der Waals surface area contributed by atoms with E-state index in [1.54, 1.807) is 0 Å². The molecule has 0 saturated heterocycles. The molecule has 4 heteroatoms. The van der Waals surface area contributed by atoms with Crippen LogP contribution >= 0.6 is 0 Å². The Hall–Kier alpha value is -2.62. The number of hydrogen-bond donors (Lipinski definition) is 2. The summed E-state index contributed by atoms with van der Waals surface area (Å²) in [5, 5.41) is 0. The highest BCUT2D eigenvalue weighted by atomic mass is 16.1. The van der Waals surface area contributed by atoms with E-state index < -0.39 is 10.8 Å². The molecule has 0 aliphatic carbocycles. The van der Waals surface area contributed by atoms with Gasteiger partial charge in [-0.3, -0.25) is 9.59 Å². The fraction of sp³-hybridized carbons (Fsp3) is 0.391. The summed E-state index contributed by atoms with van der Waals surface area (Å²) >= 11 is 0. The zero-order valence-electron chi connectivity index (χ0n) is 16.7. The number of nitrogens with two attached hydrogens (primary N) is 2. The summed E-state index contributed by atoms with van der Waals surface area (Å²) in [4.78, 5) is 23.0. The van der Waals surface area contributed by atoms with Gasteiger partial charge in [0.1, 0.15) is 0 Å². The Kier molecular flexibility index (Phi) is 6.09. The fourth-order valence-electron chi connectivity index (χ4n) is 2.98. The van der Waals surface area contributed by atoms with Crippen molar-refractivity contribution in [3.63, 3.8) is 0 Å². The first-order chi connectivity index (χ1) is 12.5. The number of amides is 2. The molecule has 0 aliphatic rings. The van der Waals surface area contributed by atoms with Gasteiger partial charge in [-0.1, -0.05) is 76.2 Å². The normalized spacial score (nSPS) is 12.0. The van der Waals surface area contributed by atoms with Gasteiger partial charge in [0.15, 0.2) is 0 Å². The molecule has 0 heterocycles. The summed E-state index contributed by atoms with van der Waals surface area (Å²) in [6, 6.07) is 16.6. The van der Waals surface area contributed by atoms with Crippen LogP contribution in [-0.2, 0) is 28.9 Å². The van der Waals surface area contributed by atoms with Crippen molar-refractivity contribution >= 4 is 11.8 Å². The zero-order valence-corrected chi connectivity index (χ0v) is 16.7. The van der Waals surface area contributed by atoms with E-state index in [9.17, 15) is 9.59 Å². The maximum Gasteiger partial charge on any atom is 0.223 e. The van der Waals surface area contributed by atoms with Crippen LogP contribution in [0.15, 0.2) is 48.5 Å². The molecule has 0 radical (unpaired) electrons. The van der Waals surface area contributed by atoms with Crippen molar-refractivity contribution < 1.29 is 9.59 Å². The van der Waals surface area contributed by atoms with Gasteiger partial charge in [-0.25, -0.2) is 0 Å². The molecule has 2 aromatic carbocycles. The van der Waals surface area contributed by atoms with Crippen molar-refractivity contribution in [1.29, 1.82) is 0 Å². The minimum absolute atomic E-state index is 0.286. The highest BCUT2D eigenvalue weighted by Gasteiger charge is 2.25. The molecule has 2 rings (SSSR count). The van der Waals surface area contributed by atoms with Gasteiger partial charge in [-0.15, -0.1) is 0 Å². The van der Waals surface area contributed by atoms with Gasteiger partial charge in [0, 0.05) is 10.8 Å². The van der Waals surface area contributed by atoms with Gasteiger partial charge in [-0.05, 0) is 41.5 Å². The van der Waals surface area contributed by atoms with E-state index in [2.05, 4.69) is 48.5 Å². The van der Waals surface area contributed by atoms with Crippen molar-refractivity contribution in [3.8, 4) is 0 Å². The van der Waals surface area contributed by atoms with Gasteiger partial charge in [0.05, 0.1) is 0 Å². The lowest BCUT2D eigenvalue weighted by atomic mass is 9.84. The molecule has 4 nitrogen and oxygen atoms in total. The summed E-state index contributed by atoms with van der Waals surface area (Å²) < 4.78 is 0. The van der Waals surface area contributed by atoms with E-state index in [-0.39, 0.29) is 11.8 Å². The van der Waals surface area contributed by atoms with E-state index in [1.165, 1.54) is 11.1 Å². The van der Waals surface area contributed by atoms with E-state index in [4.69, 9.17) is 11.5 Å². The Bertz CT molecular complexity index is 734. The zero-order chi connectivity index (χ0) is 20.2. The Morgan fingerprint density at radius 2 is 0.889 bits per heavy atom. The Labute approximate surface area is 162 Å². The van der Waals surface area contributed by atoms with E-state index in [0.29, 0.717) is 12.8 Å². The Morgan fingerprint density at radius 3 is 1.15 bits per heavy atom. The molecule has 0 unspecified atom stereocenters. The van der Waals surface area contributed by atoms with Gasteiger partial charge < -0.3 is 11.5 Å². The second-order valence-corrected chi connectivity index (χ2v) is 8.66. The van der Waals surface area contributed by atoms with Crippen LogP contribution in [0.3, 0.4) is 0 Å². The largest absolute Gasteiger partial charge is 0.369 e. The number of carbonyl (C=O) groups is 2. The molecule has 0 fully saturated rings. The van der Waals surface area contributed by atoms with Crippen LogP contribution in [0.5, 0.6) is 0 Å². The SMILES string of the molecule is CC(C)(Cc1ccc(Cc2ccc(CC(C)(C)C(N)=O)cc2)cc1)C(N)=O. The van der Waals surface area contributed by atoms with Crippen LogP contribution in [0.4, 0.5) is 0 Å². The fourth-order valence-corrected chi connectivity index (χ4v) is 2.98. The molecule has 0 atom stereocenters. The van der Waals surface area contributed by atoms with Crippen molar-refractivity contribution in [2.24, 2.45) is 22.3 Å². The monoisotopic (exact) mass is 366 g/mol. The summed E-state index contributed by atoms with van der Waals surface area (Å²) in [6.45, 7) is 7.46. The average molecular weight is 367 g/mol. The summed E-state index contributed by atoms with van der Waals surface area (Å²) in [6.07, 6.45) is 2.10. The van der Waals surface area contributed by atoms with Crippen LogP contribution in [0.2, 0.25) is 0 Å². The van der Waals surface area contributed by atoms with Crippen LogP contribution in [0, 0.1) is 10.8 Å². The van der Waals surface area contributed by atoms with Crippen LogP contribution in [0.25, 0.3) is 0 Å². The molecule has 0 saturated carbocycles. The number of benzene rings is 2. The van der Waals surface area contributed by atoms with Crippen molar-refractivity contribution in [3.05, 3.63) is 70.8 Å². The lowest BCUT2D eigenvalue weighted by molar-refractivity contribution is -0.126. The second-order valence-electron chi connectivity index (χ2n) is 8.66. The van der Waals surface area contributed by atoms with Crippen LogP contribution in [0.1, 0.15) is 49.9 Å². The third kappa shape index (κ3) is 5.68. The molecule has 4 N–H and O–H groups in total. The third-order valence-electron chi connectivity index (χ3n) is 5.08. The molecule has 27 heavy (non-hydrogen) atoms. The van der Waals surface area contributed by atoms with Gasteiger partial charge in [-0.2, -0.15) is 0 Å². The van der Waals surface area contributed by atoms with Gasteiger partial charge >= 0.3 is 0 Å². The topological polar surface area (TPSA) is 86.2 Å². The third-order valence-corrected chi connectivity index (χ3v) is 5.08. The molecular weight excluding hydrogens is 336 g/mol. The molecule has 2 amide bonds. The minimum atomic E-state index is -0.546. The van der Waals surface area contributed by atoms with Gasteiger partial charge in [0.2, 0.25) is 11.8 Å². The summed E-state index contributed by atoms with van der Waals surface area (Å²) in [5.74, 6) is -0.572. The van der Waals surface area contributed by atoms with Crippen molar-refractivity contribution in [1.82, 2.24) is 0 Å². The Balaban J connectivity index is 2.01. The first kappa shape index (κ1) is 20.7. The predicted molar refractivity (Wildman–Crippen MR) is 109 cm³/mol. The maximum absolute atomic E-state index is 11.5. The number of primary amides is 2. The highest BCUT2D eigenvalue weighted by Crippen LogP contribution is 2.23. The minimum Gasteiger partial charge on any atom is -0.369 e. The molecule has 0 aliphatic heterocycles. The van der Waals surface area contributed by atoms with E-state index in [1.807, 2.05) is 27.7 Å². The molecule has 0 aromatic heterocycles.